The highest BCUT2D eigenvalue weighted by Crippen LogP contribution is 2.39. The molecule has 1 fully saturated rings. The van der Waals surface area contributed by atoms with Crippen LogP contribution in [0.3, 0.4) is 0 Å². The van der Waals surface area contributed by atoms with Gasteiger partial charge in [0.2, 0.25) is 5.91 Å². The average molecular weight is 288 g/mol. The van der Waals surface area contributed by atoms with Gasteiger partial charge in [0.25, 0.3) is 0 Å². The molecule has 5 heteroatoms. The second-order valence-corrected chi connectivity index (χ2v) is 6.93. The number of primary amides is 1. The van der Waals surface area contributed by atoms with E-state index < -0.39 is 5.54 Å². The van der Waals surface area contributed by atoms with Gasteiger partial charge in [-0.3, -0.25) is 4.79 Å². The Balaban J connectivity index is 2.51. The van der Waals surface area contributed by atoms with Crippen molar-refractivity contribution in [1.82, 2.24) is 5.32 Å². The summed E-state index contributed by atoms with van der Waals surface area (Å²) in [6.07, 6.45) is 4.91. The number of aliphatic hydroxyl groups is 1. The minimum absolute atomic E-state index is 0.191. The van der Waals surface area contributed by atoms with Crippen LogP contribution >= 0.6 is 11.8 Å². The second kappa shape index (κ2) is 8.12. The Morgan fingerprint density at radius 2 is 2.26 bits per heavy atom. The molecule has 4 nitrogen and oxygen atoms in total. The highest BCUT2D eigenvalue weighted by molar-refractivity contribution is 7.99. The molecule has 19 heavy (non-hydrogen) atoms. The van der Waals surface area contributed by atoms with Crippen LogP contribution in [0, 0.1) is 5.92 Å². The van der Waals surface area contributed by atoms with Gasteiger partial charge in [-0.15, -0.1) is 0 Å². The first-order valence-corrected chi connectivity index (χ1v) is 8.44. The van der Waals surface area contributed by atoms with Crippen LogP contribution in [0.25, 0.3) is 0 Å². The molecule has 1 amide bonds. The first-order valence-electron chi connectivity index (χ1n) is 7.29. The zero-order valence-corrected chi connectivity index (χ0v) is 13.0. The molecule has 112 valence electrons. The average Bonchev–Trinajstić information content (AvgIpc) is 2.72. The van der Waals surface area contributed by atoms with Gasteiger partial charge in [-0.25, -0.2) is 0 Å². The fourth-order valence-corrected chi connectivity index (χ4v) is 4.05. The van der Waals surface area contributed by atoms with E-state index in [1.807, 2.05) is 11.8 Å². The Morgan fingerprint density at radius 3 is 2.84 bits per heavy atom. The molecule has 4 N–H and O–H groups in total. The number of amides is 1. The van der Waals surface area contributed by atoms with Crippen LogP contribution in [0.15, 0.2) is 0 Å². The third-order valence-corrected chi connectivity index (χ3v) is 4.97. The molecular weight excluding hydrogens is 260 g/mol. The van der Waals surface area contributed by atoms with E-state index in [4.69, 9.17) is 10.8 Å². The summed E-state index contributed by atoms with van der Waals surface area (Å²) in [4.78, 5) is 11.9. The molecule has 1 aliphatic carbocycles. The number of carbonyl (C=O) groups excluding carboxylic acids is 1. The molecule has 0 saturated heterocycles. The van der Waals surface area contributed by atoms with Gasteiger partial charge < -0.3 is 16.2 Å². The van der Waals surface area contributed by atoms with Gasteiger partial charge in [0.05, 0.1) is 0 Å². The van der Waals surface area contributed by atoms with E-state index in [2.05, 4.69) is 19.2 Å². The van der Waals surface area contributed by atoms with Gasteiger partial charge >= 0.3 is 0 Å². The maximum atomic E-state index is 11.9. The lowest BCUT2D eigenvalue weighted by Gasteiger charge is -2.35. The van der Waals surface area contributed by atoms with Crippen molar-refractivity contribution >= 4 is 17.7 Å². The lowest BCUT2D eigenvalue weighted by molar-refractivity contribution is -0.126. The highest BCUT2D eigenvalue weighted by atomic mass is 32.2. The molecule has 0 aliphatic heterocycles. The quantitative estimate of drug-likeness (QED) is 0.562. The van der Waals surface area contributed by atoms with Gasteiger partial charge in [-0.2, -0.15) is 11.8 Å². The molecule has 0 heterocycles. The Morgan fingerprint density at radius 1 is 1.53 bits per heavy atom. The number of thioether (sulfide) groups is 1. The first-order chi connectivity index (χ1) is 9.03. The Hall–Kier alpha value is -0.260. The lowest BCUT2D eigenvalue weighted by Crippen LogP contribution is -2.60. The van der Waals surface area contributed by atoms with Crippen molar-refractivity contribution in [2.45, 2.75) is 57.5 Å². The standard InChI is InChI=1S/C14H28N2O2S/c1-11(2)16-14(13(15)18)7-3-5-12(14)6-10-19-9-4-8-17/h11-12,16-17H,3-10H2,1-2H3,(H2,15,18). The van der Waals surface area contributed by atoms with Crippen LogP contribution in [0.1, 0.15) is 46.0 Å². The summed E-state index contributed by atoms with van der Waals surface area (Å²) in [6.45, 7) is 4.39. The van der Waals surface area contributed by atoms with E-state index in [0.717, 1.165) is 43.6 Å². The number of hydrogen-bond donors (Lipinski definition) is 3. The Kier molecular flexibility index (Phi) is 7.18. The number of aliphatic hydroxyl groups excluding tert-OH is 1. The van der Waals surface area contributed by atoms with Crippen molar-refractivity contribution in [1.29, 1.82) is 0 Å². The first kappa shape index (κ1) is 16.8. The van der Waals surface area contributed by atoms with Crippen molar-refractivity contribution in [3.05, 3.63) is 0 Å². The van der Waals surface area contributed by atoms with Crippen molar-refractivity contribution in [3.8, 4) is 0 Å². The summed E-state index contributed by atoms with van der Waals surface area (Å²) in [5.41, 5.74) is 5.19. The van der Waals surface area contributed by atoms with E-state index in [0.29, 0.717) is 5.92 Å². The van der Waals surface area contributed by atoms with Gasteiger partial charge in [-0.05, 0) is 57.0 Å². The van der Waals surface area contributed by atoms with E-state index in [-0.39, 0.29) is 18.6 Å². The molecule has 2 unspecified atom stereocenters. The zero-order valence-electron chi connectivity index (χ0n) is 12.2. The maximum Gasteiger partial charge on any atom is 0.238 e. The molecule has 2 atom stereocenters. The minimum atomic E-state index is -0.494. The predicted molar refractivity (Wildman–Crippen MR) is 81.2 cm³/mol. The van der Waals surface area contributed by atoms with Gasteiger partial charge in [0, 0.05) is 12.6 Å². The Labute approximate surface area is 120 Å². The summed E-state index contributed by atoms with van der Waals surface area (Å²) in [5.74, 6) is 2.20. The molecule has 0 aromatic heterocycles. The number of rotatable bonds is 9. The van der Waals surface area contributed by atoms with Crippen molar-refractivity contribution in [2.75, 3.05) is 18.1 Å². The van der Waals surface area contributed by atoms with Gasteiger partial charge in [0.15, 0.2) is 0 Å². The minimum Gasteiger partial charge on any atom is -0.396 e. The molecule has 1 rings (SSSR count). The molecule has 0 aromatic rings. The third-order valence-electron chi connectivity index (χ3n) is 3.86. The third kappa shape index (κ3) is 4.65. The summed E-state index contributed by atoms with van der Waals surface area (Å²) in [5, 5.41) is 12.2. The largest absolute Gasteiger partial charge is 0.396 e. The van der Waals surface area contributed by atoms with Crippen LogP contribution in [0.5, 0.6) is 0 Å². The molecule has 1 saturated carbocycles. The Bertz CT molecular complexity index is 287. The topological polar surface area (TPSA) is 75.3 Å². The fraction of sp³-hybridized carbons (Fsp3) is 0.929. The van der Waals surface area contributed by atoms with Crippen LogP contribution in [-0.4, -0.2) is 40.7 Å². The van der Waals surface area contributed by atoms with E-state index >= 15 is 0 Å². The molecule has 0 spiro atoms. The predicted octanol–water partition coefficient (Wildman–Crippen LogP) is 1.51. The smallest absolute Gasteiger partial charge is 0.238 e. The maximum absolute atomic E-state index is 11.9. The van der Waals surface area contributed by atoms with Crippen molar-refractivity contribution in [2.24, 2.45) is 11.7 Å². The zero-order chi connectivity index (χ0) is 14.3. The number of hydrogen-bond acceptors (Lipinski definition) is 4. The summed E-state index contributed by atoms with van der Waals surface area (Å²) in [7, 11) is 0. The van der Waals surface area contributed by atoms with E-state index in [9.17, 15) is 4.79 Å². The molecule has 0 radical (unpaired) electrons. The fourth-order valence-electron chi connectivity index (χ4n) is 3.06. The number of nitrogens with two attached hydrogens (primary N) is 1. The van der Waals surface area contributed by atoms with Gasteiger partial charge in [0.1, 0.15) is 5.54 Å². The summed E-state index contributed by atoms with van der Waals surface area (Å²) in [6, 6.07) is 0.273. The lowest BCUT2D eigenvalue weighted by atomic mass is 9.83. The monoisotopic (exact) mass is 288 g/mol. The molecule has 0 bridgehead atoms. The summed E-state index contributed by atoms with van der Waals surface area (Å²) < 4.78 is 0. The van der Waals surface area contributed by atoms with Crippen LogP contribution in [-0.2, 0) is 4.79 Å². The van der Waals surface area contributed by atoms with Crippen LogP contribution in [0.4, 0.5) is 0 Å². The van der Waals surface area contributed by atoms with Crippen LogP contribution < -0.4 is 11.1 Å². The number of nitrogens with one attached hydrogen (secondary N) is 1. The van der Waals surface area contributed by atoms with Crippen molar-refractivity contribution in [3.63, 3.8) is 0 Å². The summed E-state index contributed by atoms with van der Waals surface area (Å²) >= 11 is 1.86. The van der Waals surface area contributed by atoms with Gasteiger partial charge in [-0.1, -0.05) is 6.42 Å². The van der Waals surface area contributed by atoms with E-state index in [1.165, 1.54) is 0 Å². The van der Waals surface area contributed by atoms with E-state index in [1.54, 1.807) is 0 Å². The van der Waals surface area contributed by atoms with Crippen molar-refractivity contribution < 1.29 is 9.90 Å². The SMILES string of the molecule is CC(C)NC1(C(N)=O)CCCC1CCSCCCO. The molecular formula is C14H28N2O2S. The van der Waals surface area contributed by atoms with Crippen LogP contribution in [0.2, 0.25) is 0 Å². The molecule has 0 aromatic carbocycles. The second-order valence-electron chi connectivity index (χ2n) is 5.70. The molecule has 1 aliphatic rings. The number of carbonyl (C=O) groups is 1. The normalized spacial score (nSPS) is 27.1. The highest BCUT2D eigenvalue weighted by Gasteiger charge is 2.47.